The molecule has 0 aliphatic heterocycles. The molecule has 3 rings (SSSR count). The van der Waals surface area contributed by atoms with Crippen LogP contribution in [0.15, 0.2) is 35.7 Å². The van der Waals surface area contributed by atoms with Crippen molar-refractivity contribution < 1.29 is 9.59 Å². The summed E-state index contributed by atoms with van der Waals surface area (Å²) in [4.78, 5) is 23.6. The summed E-state index contributed by atoms with van der Waals surface area (Å²) in [6, 6.07) is 9.34. The molecule has 1 saturated carbocycles. The highest BCUT2D eigenvalue weighted by molar-refractivity contribution is 7.12. The number of hydrogen-bond acceptors (Lipinski definition) is 3. The zero-order valence-corrected chi connectivity index (χ0v) is 12.6. The first-order valence-electron chi connectivity index (χ1n) is 6.49. The Bertz CT molecular complexity index is 696. The van der Waals surface area contributed by atoms with Crippen molar-refractivity contribution in [2.75, 3.05) is 0 Å². The second kappa shape index (κ2) is 5.50. The summed E-state index contributed by atoms with van der Waals surface area (Å²) in [6.45, 7) is 0. The number of halogens is 1. The topological polar surface area (TPSA) is 72.2 Å². The first-order valence-corrected chi connectivity index (χ1v) is 7.75. The lowest BCUT2D eigenvalue weighted by Gasteiger charge is -2.03. The minimum absolute atomic E-state index is 0.137. The van der Waals surface area contributed by atoms with Gasteiger partial charge in [-0.05, 0) is 30.2 Å². The van der Waals surface area contributed by atoms with Crippen LogP contribution in [0.2, 0.25) is 5.02 Å². The molecule has 0 spiro atoms. The first-order chi connectivity index (χ1) is 10.0. The molecule has 1 aromatic carbocycles. The SMILES string of the molecule is NC(=O)c1csc(C(=O)N[C@@H]2C[C@H]2c2ccc(Cl)cc2)c1. The molecule has 2 atom stereocenters. The Kier molecular flexibility index (Phi) is 3.69. The van der Waals surface area contributed by atoms with E-state index in [1.165, 1.54) is 23.0 Å². The van der Waals surface area contributed by atoms with Gasteiger partial charge in [0, 0.05) is 22.4 Å². The smallest absolute Gasteiger partial charge is 0.261 e. The van der Waals surface area contributed by atoms with Gasteiger partial charge in [0.05, 0.1) is 10.4 Å². The van der Waals surface area contributed by atoms with Crippen molar-refractivity contribution in [3.05, 3.63) is 56.7 Å². The highest BCUT2D eigenvalue weighted by Crippen LogP contribution is 2.41. The minimum Gasteiger partial charge on any atom is -0.366 e. The molecule has 3 N–H and O–H groups in total. The van der Waals surface area contributed by atoms with Crippen molar-refractivity contribution in [3.63, 3.8) is 0 Å². The summed E-state index contributed by atoms with van der Waals surface area (Å²) in [5.41, 5.74) is 6.72. The second-order valence-electron chi connectivity index (χ2n) is 5.04. The molecular weight excluding hydrogens is 308 g/mol. The molecule has 0 radical (unpaired) electrons. The van der Waals surface area contributed by atoms with Crippen molar-refractivity contribution in [1.29, 1.82) is 0 Å². The molecule has 1 aliphatic rings. The third-order valence-corrected chi connectivity index (χ3v) is 4.69. The Hall–Kier alpha value is -1.85. The van der Waals surface area contributed by atoms with E-state index in [0.717, 1.165) is 6.42 Å². The largest absolute Gasteiger partial charge is 0.366 e. The van der Waals surface area contributed by atoms with Crippen LogP contribution in [-0.4, -0.2) is 17.9 Å². The highest BCUT2D eigenvalue weighted by Gasteiger charge is 2.39. The molecule has 2 amide bonds. The number of amides is 2. The standard InChI is InChI=1S/C15H13ClN2O2S/c16-10-3-1-8(2-4-10)11-6-12(11)18-15(20)13-5-9(7-21-13)14(17)19/h1-5,7,11-12H,6H2,(H2,17,19)(H,18,20)/t11-,12+/m0/s1. The van der Waals surface area contributed by atoms with Gasteiger partial charge in [0.2, 0.25) is 5.91 Å². The van der Waals surface area contributed by atoms with Gasteiger partial charge < -0.3 is 11.1 Å². The van der Waals surface area contributed by atoms with Gasteiger partial charge in [-0.15, -0.1) is 11.3 Å². The highest BCUT2D eigenvalue weighted by atomic mass is 35.5. The molecule has 0 saturated heterocycles. The summed E-state index contributed by atoms with van der Waals surface area (Å²) >= 11 is 7.08. The second-order valence-corrected chi connectivity index (χ2v) is 6.39. The number of thiophene rings is 1. The predicted molar refractivity (Wildman–Crippen MR) is 82.9 cm³/mol. The van der Waals surface area contributed by atoms with Gasteiger partial charge in [0.25, 0.3) is 5.91 Å². The summed E-state index contributed by atoms with van der Waals surface area (Å²) in [6.07, 6.45) is 0.918. The summed E-state index contributed by atoms with van der Waals surface area (Å²) < 4.78 is 0. The normalized spacial score (nSPS) is 20.0. The van der Waals surface area contributed by atoms with Gasteiger partial charge in [-0.1, -0.05) is 23.7 Å². The molecule has 0 bridgehead atoms. The molecule has 2 aromatic rings. The van der Waals surface area contributed by atoms with E-state index in [1.54, 1.807) is 5.38 Å². The molecule has 21 heavy (non-hydrogen) atoms. The first kappa shape index (κ1) is 14.1. The lowest BCUT2D eigenvalue weighted by molar-refractivity contribution is 0.0954. The van der Waals surface area contributed by atoms with Crippen LogP contribution < -0.4 is 11.1 Å². The molecule has 1 fully saturated rings. The Morgan fingerprint density at radius 3 is 2.62 bits per heavy atom. The van der Waals surface area contributed by atoms with E-state index in [9.17, 15) is 9.59 Å². The fraction of sp³-hybridized carbons (Fsp3) is 0.200. The number of rotatable bonds is 4. The number of carbonyl (C=O) groups excluding carboxylic acids is 2. The Morgan fingerprint density at radius 1 is 1.29 bits per heavy atom. The van der Waals surface area contributed by atoms with Crippen LogP contribution in [0.1, 0.15) is 37.9 Å². The average molecular weight is 321 g/mol. The maximum Gasteiger partial charge on any atom is 0.261 e. The van der Waals surface area contributed by atoms with Crippen LogP contribution >= 0.6 is 22.9 Å². The van der Waals surface area contributed by atoms with E-state index in [2.05, 4.69) is 5.32 Å². The van der Waals surface area contributed by atoms with Crippen LogP contribution in [-0.2, 0) is 0 Å². The van der Waals surface area contributed by atoms with E-state index >= 15 is 0 Å². The number of benzene rings is 1. The van der Waals surface area contributed by atoms with Crippen molar-refractivity contribution in [1.82, 2.24) is 5.32 Å². The van der Waals surface area contributed by atoms with E-state index in [1.807, 2.05) is 24.3 Å². The van der Waals surface area contributed by atoms with Gasteiger partial charge in [-0.25, -0.2) is 0 Å². The fourth-order valence-electron chi connectivity index (χ4n) is 2.26. The van der Waals surface area contributed by atoms with E-state index in [0.29, 0.717) is 21.4 Å². The summed E-state index contributed by atoms with van der Waals surface area (Å²) in [7, 11) is 0. The third kappa shape index (κ3) is 3.09. The van der Waals surface area contributed by atoms with Crippen LogP contribution in [0.25, 0.3) is 0 Å². The van der Waals surface area contributed by atoms with E-state index in [4.69, 9.17) is 17.3 Å². The zero-order chi connectivity index (χ0) is 15.0. The molecule has 1 aromatic heterocycles. The number of nitrogens with two attached hydrogens (primary N) is 1. The van der Waals surface area contributed by atoms with Crippen molar-refractivity contribution in [2.45, 2.75) is 18.4 Å². The van der Waals surface area contributed by atoms with Crippen LogP contribution in [0.5, 0.6) is 0 Å². The number of carbonyl (C=O) groups is 2. The molecule has 4 nitrogen and oxygen atoms in total. The van der Waals surface area contributed by atoms with Gasteiger partial charge in [0.15, 0.2) is 0 Å². The number of hydrogen-bond donors (Lipinski definition) is 2. The molecule has 0 unspecified atom stereocenters. The van der Waals surface area contributed by atoms with Crippen LogP contribution in [0, 0.1) is 0 Å². The molecule has 108 valence electrons. The van der Waals surface area contributed by atoms with Crippen molar-refractivity contribution in [3.8, 4) is 0 Å². The maximum absolute atomic E-state index is 12.1. The minimum atomic E-state index is -0.518. The number of nitrogens with one attached hydrogen (secondary N) is 1. The summed E-state index contributed by atoms with van der Waals surface area (Å²) in [5, 5.41) is 5.28. The van der Waals surface area contributed by atoms with Gasteiger partial charge in [-0.2, -0.15) is 0 Å². The Balaban J connectivity index is 1.61. The predicted octanol–water partition coefficient (Wildman–Crippen LogP) is 2.79. The fourth-order valence-corrected chi connectivity index (χ4v) is 3.18. The molecule has 1 heterocycles. The van der Waals surface area contributed by atoms with Crippen molar-refractivity contribution in [2.24, 2.45) is 5.73 Å². The average Bonchev–Trinajstić information content (AvgIpc) is 3.03. The van der Waals surface area contributed by atoms with Gasteiger partial charge >= 0.3 is 0 Å². The number of primary amides is 1. The Labute approximate surface area is 130 Å². The Morgan fingerprint density at radius 2 is 2.00 bits per heavy atom. The van der Waals surface area contributed by atoms with Crippen LogP contribution in [0.3, 0.4) is 0 Å². The lowest BCUT2D eigenvalue weighted by Crippen LogP contribution is -2.25. The maximum atomic E-state index is 12.1. The molecular formula is C15H13ClN2O2S. The zero-order valence-electron chi connectivity index (χ0n) is 11.0. The quantitative estimate of drug-likeness (QED) is 0.909. The molecule has 6 heteroatoms. The van der Waals surface area contributed by atoms with Gasteiger partial charge in [-0.3, -0.25) is 9.59 Å². The van der Waals surface area contributed by atoms with Gasteiger partial charge in [0.1, 0.15) is 0 Å². The third-order valence-electron chi connectivity index (χ3n) is 3.51. The monoisotopic (exact) mass is 320 g/mol. The van der Waals surface area contributed by atoms with E-state index in [-0.39, 0.29) is 11.9 Å². The summed E-state index contributed by atoms with van der Waals surface area (Å²) in [5.74, 6) is -0.341. The van der Waals surface area contributed by atoms with E-state index < -0.39 is 5.91 Å². The van der Waals surface area contributed by atoms with Crippen LogP contribution in [0.4, 0.5) is 0 Å². The molecule has 1 aliphatic carbocycles. The lowest BCUT2D eigenvalue weighted by atomic mass is 10.1. The van der Waals surface area contributed by atoms with Crippen molar-refractivity contribution >= 4 is 34.8 Å².